The second-order valence-electron chi connectivity index (χ2n) is 5.46. The third-order valence-electron chi connectivity index (χ3n) is 3.58. The topological polar surface area (TPSA) is 66.9 Å². The lowest BCUT2D eigenvalue weighted by atomic mass is 10.2. The van der Waals surface area contributed by atoms with Gasteiger partial charge in [-0.1, -0.05) is 18.2 Å². The number of halogens is 1. The van der Waals surface area contributed by atoms with Gasteiger partial charge in [-0.3, -0.25) is 9.78 Å². The Morgan fingerprint density at radius 2 is 1.80 bits per heavy atom. The number of nitrogens with one attached hydrogen (secondary N) is 2. The number of pyridine rings is 2. The molecule has 0 aliphatic carbocycles. The van der Waals surface area contributed by atoms with Gasteiger partial charge in [-0.05, 0) is 41.5 Å². The Bertz CT molecular complexity index is 820. The van der Waals surface area contributed by atoms with Crippen LogP contribution in [0.5, 0.6) is 0 Å². The fourth-order valence-corrected chi connectivity index (χ4v) is 2.21. The van der Waals surface area contributed by atoms with Crippen LogP contribution >= 0.6 is 0 Å². The molecule has 0 aliphatic rings. The van der Waals surface area contributed by atoms with Gasteiger partial charge in [0.25, 0.3) is 5.91 Å². The molecule has 0 bridgehead atoms. The highest BCUT2D eigenvalue weighted by Gasteiger charge is 2.07. The second kappa shape index (κ2) is 8.01. The third kappa shape index (κ3) is 4.84. The van der Waals surface area contributed by atoms with E-state index in [-0.39, 0.29) is 11.7 Å². The molecule has 0 saturated heterocycles. The van der Waals surface area contributed by atoms with E-state index in [0.717, 1.165) is 16.8 Å². The van der Waals surface area contributed by atoms with E-state index in [0.29, 0.717) is 18.8 Å². The summed E-state index contributed by atoms with van der Waals surface area (Å²) < 4.78 is 12.9. The van der Waals surface area contributed by atoms with Crippen LogP contribution in [0.15, 0.2) is 67.1 Å². The first-order chi connectivity index (χ1) is 12.2. The van der Waals surface area contributed by atoms with Crippen molar-refractivity contribution in [2.24, 2.45) is 0 Å². The number of benzene rings is 1. The van der Waals surface area contributed by atoms with Gasteiger partial charge in [0.15, 0.2) is 0 Å². The molecule has 126 valence electrons. The van der Waals surface area contributed by atoms with Gasteiger partial charge in [-0.2, -0.15) is 0 Å². The molecule has 5 nitrogen and oxygen atoms in total. The summed E-state index contributed by atoms with van der Waals surface area (Å²) in [4.78, 5) is 20.3. The van der Waals surface area contributed by atoms with E-state index < -0.39 is 0 Å². The number of aromatic nitrogens is 2. The van der Waals surface area contributed by atoms with Crippen molar-refractivity contribution < 1.29 is 9.18 Å². The highest BCUT2D eigenvalue weighted by molar-refractivity contribution is 5.92. The largest absolute Gasteiger partial charge is 0.380 e. The SMILES string of the molecule is O=C(NCc1cccnc1)c1ccc(NCc2ccc(F)cc2)cn1. The molecule has 0 saturated carbocycles. The molecule has 1 amide bonds. The highest BCUT2D eigenvalue weighted by Crippen LogP contribution is 2.10. The minimum atomic E-state index is -0.257. The molecule has 3 aromatic rings. The van der Waals surface area contributed by atoms with Crippen LogP contribution in [0.3, 0.4) is 0 Å². The van der Waals surface area contributed by atoms with Gasteiger partial charge in [-0.15, -0.1) is 0 Å². The lowest BCUT2D eigenvalue weighted by Gasteiger charge is -2.08. The summed E-state index contributed by atoms with van der Waals surface area (Å²) in [5, 5.41) is 5.98. The molecule has 6 heteroatoms. The average molecular weight is 336 g/mol. The predicted molar refractivity (Wildman–Crippen MR) is 93.4 cm³/mol. The van der Waals surface area contributed by atoms with Crippen molar-refractivity contribution in [2.75, 3.05) is 5.32 Å². The zero-order chi connectivity index (χ0) is 17.5. The number of hydrogen-bond donors (Lipinski definition) is 2. The molecule has 25 heavy (non-hydrogen) atoms. The van der Waals surface area contributed by atoms with E-state index in [4.69, 9.17) is 0 Å². The van der Waals surface area contributed by atoms with Gasteiger partial charge in [0.05, 0.1) is 11.9 Å². The lowest BCUT2D eigenvalue weighted by Crippen LogP contribution is -2.23. The number of carbonyl (C=O) groups is 1. The molecule has 0 radical (unpaired) electrons. The van der Waals surface area contributed by atoms with Crippen LogP contribution in [-0.2, 0) is 13.1 Å². The molecule has 0 spiro atoms. The molecule has 0 atom stereocenters. The molecule has 0 unspecified atom stereocenters. The first kappa shape index (κ1) is 16.6. The van der Waals surface area contributed by atoms with Gasteiger partial charge < -0.3 is 10.6 Å². The quantitative estimate of drug-likeness (QED) is 0.726. The van der Waals surface area contributed by atoms with Gasteiger partial charge in [0, 0.05) is 25.5 Å². The van der Waals surface area contributed by atoms with Crippen molar-refractivity contribution in [2.45, 2.75) is 13.1 Å². The van der Waals surface area contributed by atoms with E-state index >= 15 is 0 Å². The molecule has 3 rings (SSSR count). The van der Waals surface area contributed by atoms with Gasteiger partial charge in [-0.25, -0.2) is 9.37 Å². The zero-order valence-electron chi connectivity index (χ0n) is 13.4. The summed E-state index contributed by atoms with van der Waals surface area (Å²) >= 11 is 0. The highest BCUT2D eigenvalue weighted by atomic mass is 19.1. The van der Waals surface area contributed by atoms with Crippen LogP contribution in [0.25, 0.3) is 0 Å². The number of rotatable bonds is 6. The lowest BCUT2D eigenvalue weighted by molar-refractivity contribution is 0.0946. The minimum Gasteiger partial charge on any atom is -0.380 e. The van der Waals surface area contributed by atoms with Crippen LogP contribution in [-0.4, -0.2) is 15.9 Å². The van der Waals surface area contributed by atoms with Crippen molar-refractivity contribution in [1.29, 1.82) is 0 Å². The first-order valence-electron chi connectivity index (χ1n) is 7.82. The first-order valence-corrected chi connectivity index (χ1v) is 7.82. The van der Waals surface area contributed by atoms with Gasteiger partial charge in [0.2, 0.25) is 0 Å². The van der Waals surface area contributed by atoms with E-state index in [1.807, 2.05) is 12.1 Å². The van der Waals surface area contributed by atoms with Crippen LogP contribution in [0.2, 0.25) is 0 Å². The number of carbonyl (C=O) groups excluding carboxylic acids is 1. The smallest absolute Gasteiger partial charge is 0.270 e. The molecule has 2 N–H and O–H groups in total. The number of hydrogen-bond acceptors (Lipinski definition) is 4. The predicted octanol–water partition coefficient (Wildman–Crippen LogP) is 3.16. The molecule has 0 aliphatic heterocycles. The third-order valence-corrected chi connectivity index (χ3v) is 3.58. The monoisotopic (exact) mass is 336 g/mol. The Kier molecular flexibility index (Phi) is 5.31. The Balaban J connectivity index is 1.52. The van der Waals surface area contributed by atoms with Crippen molar-refractivity contribution in [3.05, 3.63) is 89.8 Å². The number of anilines is 1. The van der Waals surface area contributed by atoms with Gasteiger partial charge >= 0.3 is 0 Å². The Morgan fingerprint density at radius 1 is 0.960 bits per heavy atom. The molecule has 1 aromatic carbocycles. The summed E-state index contributed by atoms with van der Waals surface area (Å²) in [7, 11) is 0. The van der Waals surface area contributed by atoms with E-state index in [9.17, 15) is 9.18 Å². The molecule has 2 heterocycles. The molecule has 0 fully saturated rings. The van der Waals surface area contributed by atoms with Crippen molar-refractivity contribution in [3.8, 4) is 0 Å². The van der Waals surface area contributed by atoms with E-state index in [1.165, 1.54) is 12.1 Å². The molecular formula is C19H17FN4O. The van der Waals surface area contributed by atoms with Gasteiger partial charge in [0.1, 0.15) is 11.5 Å². The summed E-state index contributed by atoms with van der Waals surface area (Å²) in [5.74, 6) is -0.499. The summed E-state index contributed by atoms with van der Waals surface area (Å²) in [6.07, 6.45) is 4.99. The minimum absolute atomic E-state index is 0.242. The summed E-state index contributed by atoms with van der Waals surface area (Å²) in [6, 6.07) is 13.4. The van der Waals surface area contributed by atoms with Crippen LogP contribution in [0.1, 0.15) is 21.6 Å². The van der Waals surface area contributed by atoms with Crippen LogP contribution < -0.4 is 10.6 Å². The van der Waals surface area contributed by atoms with Crippen molar-refractivity contribution in [3.63, 3.8) is 0 Å². The average Bonchev–Trinajstić information content (AvgIpc) is 2.67. The Morgan fingerprint density at radius 3 is 2.48 bits per heavy atom. The van der Waals surface area contributed by atoms with Crippen LogP contribution in [0, 0.1) is 5.82 Å². The number of amides is 1. The fourth-order valence-electron chi connectivity index (χ4n) is 2.21. The van der Waals surface area contributed by atoms with E-state index in [1.54, 1.807) is 42.9 Å². The maximum atomic E-state index is 12.9. The van der Waals surface area contributed by atoms with E-state index in [2.05, 4.69) is 20.6 Å². The Labute approximate surface area is 145 Å². The zero-order valence-corrected chi connectivity index (χ0v) is 13.4. The normalized spacial score (nSPS) is 10.3. The maximum Gasteiger partial charge on any atom is 0.270 e. The van der Waals surface area contributed by atoms with Crippen molar-refractivity contribution in [1.82, 2.24) is 15.3 Å². The molecule has 2 aromatic heterocycles. The summed E-state index contributed by atoms with van der Waals surface area (Å²) in [5.41, 5.74) is 3.01. The maximum absolute atomic E-state index is 12.9. The van der Waals surface area contributed by atoms with Crippen LogP contribution in [0.4, 0.5) is 10.1 Å². The molecular weight excluding hydrogens is 319 g/mol. The Hall–Kier alpha value is -3.28. The number of nitrogens with zero attached hydrogens (tertiary/aromatic N) is 2. The standard InChI is InChI=1S/C19H17FN4O/c20-16-5-3-14(4-6-16)11-22-17-7-8-18(23-13-17)19(25)24-12-15-2-1-9-21-10-15/h1-10,13,22H,11-12H2,(H,24,25). The second-order valence-corrected chi connectivity index (χ2v) is 5.46. The fraction of sp³-hybridized carbons (Fsp3) is 0.105. The van der Waals surface area contributed by atoms with Crippen molar-refractivity contribution >= 4 is 11.6 Å². The summed E-state index contributed by atoms with van der Waals surface area (Å²) in [6.45, 7) is 0.952.